The van der Waals surface area contributed by atoms with Gasteiger partial charge >= 0.3 is 0 Å². The number of nitrogens with zero attached hydrogens (tertiary/aromatic N) is 1. The Bertz CT molecular complexity index is 306. The second kappa shape index (κ2) is 7.50. The monoisotopic (exact) mass is 319 g/mol. The third kappa shape index (κ3) is 5.01. The first-order valence-corrected chi connectivity index (χ1v) is 4.70. The van der Waals surface area contributed by atoms with E-state index in [9.17, 15) is 0 Å². The molecule has 0 atom stereocenters. The van der Waals surface area contributed by atoms with E-state index in [4.69, 9.17) is 0 Å². The van der Waals surface area contributed by atoms with E-state index >= 15 is 0 Å². The second-order valence-corrected chi connectivity index (χ2v) is 3.16. The van der Waals surface area contributed by atoms with Crippen molar-refractivity contribution < 1.29 is 0 Å². The number of halogens is 1. The molecule has 15 heavy (non-hydrogen) atoms. The molecule has 84 valence electrons. The van der Waals surface area contributed by atoms with Crippen molar-refractivity contribution in [2.75, 3.05) is 14.1 Å². The summed E-state index contributed by atoms with van der Waals surface area (Å²) in [6.07, 6.45) is 0. The van der Waals surface area contributed by atoms with Crippen molar-refractivity contribution >= 4 is 29.9 Å². The zero-order valence-corrected chi connectivity index (χ0v) is 11.7. The standard InChI is InChI=1S/C11H17N3.HI/c1-9-4-6-10(7-5-9)8-14-11(12-2)13-3;/h4-7H,8H2,1-3H3,(H2,12,13,14);1H. The van der Waals surface area contributed by atoms with E-state index in [1.54, 1.807) is 7.05 Å². The Kier molecular flexibility index (Phi) is 7.11. The third-order valence-corrected chi connectivity index (χ3v) is 2.04. The normalized spacial score (nSPS) is 10.5. The van der Waals surface area contributed by atoms with Crippen LogP contribution < -0.4 is 10.6 Å². The lowest BCUT2D eigenvalue weighted by atomic mass is 10.1. The molecule has 1 aromatic carbocycles. The lowest BCUT2D eigenvalue weighted by Gasteiger charge is -2.08. The average Bonchev–Trinajstić information content (AvgIpc) is 2.22. The Labute approximate surface area is 108 Å². The molecule has 0 amide bonds. The van der Waals surface area contributed by atoms with Gasteiger partial charge in [-0.3, -0.25) is 4.99 Å². The fraction of sp³-hybridized carbons (Fsp3) is 0.364. The second-order valence-electron chi connectivity index (χ2n) is 3.16. The van der Waals surface area contributed by atoms with E-state index in [1.807, 2.05) is 7.05 Å². The van der Waals surface area contributed by atoms with Crippen LogP contribution in [0.4, 0.5) is 0 Å². The van der Waals surface area contributed by atoms with Crippen LogP contribution in [-0.2, 0) is 6.54 Å². The number of aryl methyl sites for hydroxylation is 1. The SMILES string of the molecule is CN=C(NC)NCc1ccc(C)cc1.I. The lowest BCUT2D eigenvalue weighted by Crippen LogP contribution is -2.34. The van der Waals surface area contributed by atoms with Gasteiger partial charge in [0.05, 0.1) is 0 Å². The predicted octanol–water partition coefficient (Wildman–Crippen LogP) is 1.91. The number of guanidine groups is 1. The molecule has 0 aliphatic carbocycles. The van der Waals surface area contributed by atoms with Gasteiger partial charge in [0.25, 0.3) is 0 Å². The first-order chi connectivity index (χ1) is 6.76. The summed E-state index contributed by atoms with van der Waals surface area (Å²) in [4.78, 5) is 4.03. The Morgan fingerprint density at radius 2 is 1.87 bits per heavy atom. The maximum Gasteiger partial charge on any atom is 0.190 e. The van der Waals surface area contributed by atoms with E-state index in [0.29, 0.717) is 0 Å². The van der Waals surface area contributed by atoms with Crippen molar-refractivity contribution in [3.63, 3.8) is 0 Å². The van der Waals surface area contributed by atoms with Gasteiger partial charge in [0.1, 0.15) is 0 Å². The summed E-state index contributed by atoms with van der Waals surface area (Å²) in [5.74, 6) is 0.811. The van der Waals surface area contributed by atoms with Crippen LogP contribution in [-0.4, -0.2) is 20.1 Å². The molecule has 0 unspecified atom stereocenters. The van der Waals surface area contributed by atoms with Crippen LogP contribution in [0, 0.1) is 6.92 Å². The average molecular weight is 319 g/mol. The van der Waals surface area contributed by atoms with Crippen LogP contribution in [0.3, 0.4) is 0 Å². The van der Waals surface area contributed by atoms with E-state index in [2.05, 4.69) is 46.8 Å². The number of hydrogen-bond acceptors (Lipinski definition) is 1. The molecule has 0 heterocycles. The molecular weight excluding hydrogens is 301 g/mol. The van der Waals surface area contributed by atoms with Gasteiger partial charge in [0, 0.05) is 20.6 Å². The van der Waals surface area contributed by atoms with Crippen molar-refractivity contribution in [3.8, 4) is 0 Å². The molecule has 0 aliphatic heterocycles. The van der Waals surface area contributed by atoms with Crippen LogP contribution in [0.5, 0.6) is 0 Å². The van der Waals surface area contributed by atoms with Crippen molar-refractivity contribution in [2.24, 2.45) is 4.99 Å². The van der Waals surface area contributed by atoms with Gasteiger partial charge in [0.15, 0.2) is 5.96 Å². The van der Waals surface area contributed by atoms with Gasteiger partial charge in [0.2, 0.25) is 0 Å². The number of rotatable bonds is 2. The van der Waals surface area contributed by atoms with Gasteiger partial charge in [-0.1, -0.05) is 29.8 Å². The molecule has 2 N–H and O–H groups in total. The topological polar surface area (TPSA) is 36.4 Å². The molecule has 4 heteroatoms. The molecule has 0 aromatic heterocycles. The maximum atomic E-state index is 4.03. The van der Waals surface area contributed by atoms with Crippen molar-refractivity contribution in [3.05, 3.63) is 35.4 Å². The first kappa shape index (κ1) is 14.2. The highest BCUT2D eigenvalue weighted by Gasteiger charge is 1.94. The molecule has 3 nitrogen and oxygen atoms in total. The molecular formula is C11H18IN3. The fourth-order valence-corrected chi connectivity index (χ4v) is 1.17. The number of hydrogen-bond donors (Lipinski definition) is 2. The molecule has 0 bridgehead atoms. The highest BCUT2D eigenvalue weighted by molar-refractivity contribution is 14.0. The van der Waals surface area contributed by atoms with E-state index in [0.717, 1.165) is 12.5 Å². The summed E-state index contributed by atoms with van der Waals surface area (Å²) in [6.45, 7) is 2.89. The Hall–Kier alpha value is -0.780. The summed E-state index contributed by atoms with van der Waals surface area (Å²) < 4.78 is 0. The highest BCUT2D eigenvalue weighted by Crippen LogP contribution is 2.01. The van der Waals surface area contributed by atoms with Crippen LogP contribution in [0.25, 0.3) is 0 Å². The van der Waals surface area contributed by atoms with Gasteiger partial charge in [-0.25, -0.2) is 0 Å². The van der Waals surface area contributed by atoms with Gasteiger partial charge in [-0.15, -0.1) is 24.0 Å². The lowest BCUT2D eigenvalue weighted by molar-refractivity contribution is 0.866. The van der Waals surface area contributed by atoms with Crippen LogP contribution >= 0.6 is 24.0 Å². The quantitative estimate of drug-likeness (QED) is 0.496. The number of aliphatic imine (C=N–C) groups is 1. The Morgan fingerprint density at radius 1 is 1.27 bits per heavy atom. The summed E-state index contributed by atoms with van der Waals surface area (Å²) in [5.41, 5.74) is 2.54. The zero-order chi connectivity index (χ0) is 10.4. The molecule has 1 aromatic rings. The zero-order valence-electron chi connectivity index (χ0n) is 9.37. The molecule has 0 saturated heterocycles. The largest absolute Gasteiger partial charge is 0.359 e. The van der Waals surface area contributed by atoms with Gasteiger partial charge in [-0.2, -0.15) is 0 Å². The van der Waals surface area contributed by atoms with Crippen molar-refractivity contribution in [1.82, 2.24) is 10.6 Å². The van der Waals surface area contributed by atoms with E-state index < -0.39 is 0 Å². The summed E-state index contributed by atoms with van der Waals surface area (Å²) in [5, 5.41) is 6.17. The molecule has 0 radical (unpaired) electrons. The van der Waals surface area contributed by atoms with Crippen molar-refractivity contribution in [1.29, 1.82) is 0 Å². The summed E-state index contributed by atoms with van der Waals surface area (Å²) >= 11 is 0. The summed E-state index contributed by atoms with van der Waals surface area (Å²) in [7, 11) is 3.61. The molecule has 0 spiro atoms. The third-order valence-electron chi connectivity index (χ3n) is 2.04. The molecule has 0 saturated carbocycles. The number of nitrogens with one attached hydrogen (secondary N) is 2. The molecule has 1 rings (SSSR count). The van der Waals surface area contributed by atoms with Crippen LogP contribution in [0.1, 0.15) is 11.1 Å². The van der Waals surface area contributed by atoms with E-state index in [1.165, 1.54) is 11.1 Å². The van der Waals surface area contributed by atoms with E-state index in [-0.39, 0.29) is 24.0 Å². The highest BCUT2D eigenvalue weighted by atomic mass is 127. The minimum atomic E-state index is 0. The number of benzene rings is 1. The maximum absolute atomic E-state index is 4.03. The first-order valence-electron chi connectivity index (χ1n) is 4.70. The summed E-state index contributed by atoms with van der Waals surface area (Å²) in [6, 6.07) is 8.45. The van der Waals surface area contributed by atoms with Crippen LogP contribution in [0.2, 0.25) is 0 Å². The Morgan fingerprint density at radius 3 is 2.33 bits per heavy atom. The Balaban J connectivity index is 0.00000196. The van der Waals surface area contributed by atoms with Gasteiger partial charge < -0.3 is 10.6 Å². The van der Waals surface area contributed by atoms with Gasteiger partial charge in [-0.05, 0) is 12.5 Å². The smallest absolute Gasteiger partial charge is 0.190 e. The predicted molar refractivity (Wildman–Crippen MR) is 75.9 cm³/mol. The molecule has 0 fully saturated rings. The minimum absolute atomic E-state index is 0. The molecule has 0 aliphatic rings. The van der Waals surface area contributed by atoms with Crippen LogP contribution in [0.15, 0.2) is 29.3 Å². The minimum Gasteiger partial charge on any atom is -0.359 e. The fourth-order valence-electron chi connectivity index (χ4n) is 1.17. The van der Waals surface area contributed by atoms with Crippen molar-refractivity contribution in [2.45, 2.75) is 13.5 Å².